The highest BCUT2D eigenvalue weighted by Crippen LogP contribution is 2.36. The molecule has 132 valence electrons. The van der Waals surface area contributed by atoms with Crippen LogP contribution in [0.15, 0.2) is 30.5 Å². The van der Waals surface area contributed by atoms with Crippen LogP contribution in [0, 0.1) is 5.82 Å². The highest BCUT2D eigenvalue weighted by atomic mass is 32.2. The van der Waals surface area contributed by atoms with Crippen molar-refractivity contribution in [2.24, 2.45) is 0 Å². The Kier molecular flexibility index (Phi) is 4.65. The zero-order chi connectivity index (χ0) is 17.2. The summed E-state index contributed by atoms with van der Waals surface area (Å²) in [4.78, 5) is 14.7. The molecule has 2 aliphatic rings. The van der Waals surface area contributed by atoms with Crippen molar-refractivity contribution >= 4 is 17.7 Å². The van der Waals surface area contributed by atoms with E-state index >= 15 is 0 Å². The first-order valence-electron chi connectivity index (χ1n) is 8.58. The number of carbonyl (C=O) groups is 1. The van der Waals surface area contributed by atoms with Crippen molar-refractivity contribution in [3.8, 4) is 5.88 Å². The molecule has 0 spiro atoms. The smallest absolute Gasteiger partial charge is 0.261 e. The Balaban J connectivity index is 1.48. The Morgan fingerprint density at radius 3 is 3.04 bits per heavy atom. The maximum absolute atomic E-state index is 14.1. The van der Waals surface area contributed by atoms with Crippen LogP contribution in [0.1, 0.15) is 34.0 Å². The van der Waals surface area contributed by atoms with Gasteiger partial charge in [0.25, 0.3) is 5.91 Å². The predicted molar refractivity (Wildman–Crippen MR) is 94.5 cm³/mol. The van der Waals surface area contributed by atoms with Gasteiger partial charge in [0.15, 0.2) is 0 Å². The largest absolute Gasteiger partial charge is 0.477 e. The van der Waals surface area contributed by atoms with Crippen molar-refractivity contribution in [3.05, 3.63) is 47.4 Å². The molecule has 1 atom stereocenters. The second-order valence-electron chi connectivity index (χ2n) is 6.25. The van der Waals surface area contributed by atoms with Gasteiger partial charge >= 0.3 is 0 Å². The summed E-state index contributed by atoms with van der Waals surface area (Å²) in [6.45, 7) is 2.67. The normalized spacial score (nSPS) is 20.5. The standard InChI is InChI=1S/C18H20FN3O2S/c19-15-5-2-1-4-13(15)16-6-8-21(9-11-25-16)17(23)14-12-20-22-7-3-10-24-18(14)22/h1-2,4-5,12,16H,3,6-11H2. The second kappa shape index (κ2) is 7.07. The third kappa shape index (κ3) is 3.25. The number of aromatic nitrogens is 2. The monoisotopic (exact) mass is 361 g/mol. The van der Waals surface area contributed by atoms with Gasteiger partial charge in [-0.05, 0) is 12.5 Å². The fraction of sp³-hybridized carbons (Fsp3) is 0.444. The van der Waals surface area contributed by atoms with Gasteiger partial charge in [-0.1, -0.05) is 18.2 Å². The molecule has 1 amide bonds. The van der Waals surface area contributed by atoms with Crippen LogP contribution in [0.5, 0.6) is 5.88 Å². The molecule has 25 heavy (non-hydrogen) atoms. The molecule has 0 saturated carbocycles. The first-order chi connectivity index (χ1) is 12.2. The molecule has 4 rings (SSSR count). The van der Waals surface area contributed by atoms with Crippen LogP contribution in [0.3, 0.4) is 0 Å². The van der Waals surface area contributed by atoms with Gasteiger partial charge in [0.2, 0.25) is 5.88 Å². The number of hydrogen-bond acceptors (Lipinski definition) is 4. The van der Waals surface area contributed by atoms with Crippen molar-refractivity contribution in [3.63, 3.8) is 0 Å². The number of halogens is 1. The molecule has 0 radical (unpaired) electrons. The number of ether oxygens (including phenoxy) is 1. The number of aryl methyl sites for hydroxylation is 1. The number of rotatable bonds is 2. The number of carbonyl (C=O) groups excluding carboxylic acids is 1. The highest BCUT2D eigenvalue weighted by molar-refractivity contribution is 7.99. The number of nitrogens with zero attached hydrogens (tertiary/aromatic N) is 3. The molecule has 0 aliphatic carbocycles. The lowest BCUT2D eigenvalue weighted by molar-refractivity contribution is 0.0759. The van der Waals surface area contributed by atoms with E-state index in [1.165, 1.54) is 6.07 Å². The summed E-state index contributed by atoms with van der Waals surface area (Å²) in [6.07, 6.45) is 3.25. The van der Waals surface area contributed by atoms with Crippen molar-refractivity contribution in [1.82, 2.24) is 14.7 Å². The van der Waals surface area contributed by atoms with Crippen LogP contribution in [0.25, 0.3) is 0 Å². The molecule has 1 saturated heterocycles. The van der Waals surface area contributed by atoms with Gasteiger partial charge in [-0.2, -0.15) is 16.9 Å². The summed E-state index contributed by atoms with van der Waals surface area (Å²) in [5.41, 5.74) is 1.27. The molecule has 1 unspecified atom stereocenters. The molecular formula is C18H20FN3O2S. The predicted octanol–water partition coefficient (Wildman–Crippen LogP) is 3.13. The van der Waals surface area contributed by atoms with Gasteiger partial charge in [0.05, 0.1) is 12.8 Å². The maximum Gasteiger partial charge on any atom is 0.261 e. The van der Waals surface area contributed by atoms with E-state index in [0.29, 0.717) is 31.1 Å². The molecular weight excluding hydrogens is 341 g/mol. The zero-order valence-electron chi connectivity index (χ0n) is 13.9. The van der Waals surface area contributed by atoms with Crippen LogP contribution >= 0.6 is 11.8 Å². The summed E-state index contributed by atoms with van der Waals surface area (Å²) >= 11 is 1.71. The minimum atomic E-state index is -0.168. The fourth-order valence-corrected chi connectivity index (χ4v) is 4.60. The van der Waals surface area contributed by atoms with Crippen LogP contribution in [0.4, 0.5) is 4.39 Å². The summed E-state index contributed by atoms with van der Waals surface area (Å²) in [7, 11) is 0. The molecule has 0 bridgehead atoms. The van der Waals surface area contributed by atoms with E-state index in [4.69, 9.17) is 4.74 Å². The van der Waals surface area contributed by atoms with Gasteiger partial charge in [0, 0.05) is 42.6 Å². The molecule has 3 heterocycles. The Morgan fingerprint density at radius 2 is 2.16 bits per heavy atom. The van der Waals surface area contributed by atoms with Gasteiger partial charge in [0.1, 0.15) is 11.4 Å². The van der Waals surface area contributed by atoms with Gasteiger partial charge in [-0.3, -0.25) is 4.79 Å². The Bertz CT molecular complexity index is 779. The van der Waals surface area contributed by atoms with Gasteiger partial charge in [-0.25, -0.2) is 9.07 Å². The summed E-state index contributed by atoms with van der Waals surface area (Å²) in [5, 5.41) is 4.34. The van der Waals surface area contributed by atoms with E-state index in [0.717, 1.165) is 30.7 Å². The van der Waals surface area contributed by atoms with Crippen LogP contribution in [-0.4, -0.2) is 46.0 Å². The Labute approximate surface area is 150 Å². The van der Waals surface area contributed by atoms with E-state index in [1.807, 2.05) is 17.0 Å². The third-order valence-corrected chi connectivity index (χ3v) is 5.97. The van der Waals surface area contributed by atoms with E-state index < -0.39 is 0 Å². The Hall–Kier alpha value is -2.02. The first-order valence-corrected chi connectivity index (χ1v) is 9.63. The molecule has 1 fully saturated rings. The number of hydrogen-bond donors (Lipinski definition) is 0. The Morgan fingerprint density at radius 1 is 1.28 bits per heavy atom. The average Bonchev–Trinajstić information content (AvgIpc) is 2.91. The molecule has 1 aromatic heterocycles. The number of amides is 1. The van der Waals surface area contributed by atoms with Crippen LogP contribution < -0.4 is 4.74 Å². The van der Waals surface area contributed by atoms with Crippen molar-refractivity contribution < 1.29 is 13.9 Å². The lowest BCUT2D eigenvalue weighted by atomic mass is 10.1. The van der Waals surface area contributed by atoms with Gasteiger partial charge < -0.3 is 9.64 Å². The topological polar surface area (TPSA) is 47.4 Å². The summed E-state index contributed by atoms with van der Waals surface area (Å²) in [6, 6.07) is 6.91. The number of benzene rings is 1. The summed E-state index contributed by atoms with van der Waals surface area (Å²) in [5.74, 6) is 1.16. The number of thioether (sulfide) groups is 1. The SMILES string of the molecule is O=C(c1cnn2c1OCCC2)N1CCSC(c2ccccc2F)CC1. The summed E-state index contributed by atoms with van der Waals surface area (Å²) < 4.78 is 21.5. The molecule has 0 N–H and O–H groups in total. The van der Waals surface area contributed by atoms with E-state index in [1.54, 1.807) is 28.7 Å². The minimum Gasteiger partial charge on any atom is -0.477 e. The van der Waals surface area contributed by atoms with Crippen molar-refractivity contribution in [2.45, 2.75) is 24.6 Å². The lowest BCUT2D eigenvalue weighted by Crippen LogP contribution is -2.33. The van der Waals surface area contributed by atoms with E-state index in [-0.39, 0.29) is 17.0 Å². The quantitative estimate of drug-likeness (QED) is 0.825. The van der Waals surface area contributed by atoms with Crippen LogP contribution in [0.2, 0.25) is 0 Å². The minimum absolute atomic E-state index is 0.0436. The third-order valence-electron chi connectivity index (χ3n) is 4.66. The van der Waals surface area contributed by atoms with Crippen molar-refractivity contribution in [2.75, 3.05) is 25.4 Å². The van der Waals surface area contributed by atoms with Crippen molar-refractivity contribution in [1.29, 1.82) is 0 Å². The highest BCUT2D eigenvalue weighted by Gasteiger charge is 2.28. The van der Waals surface area contributed by atoms with Crippen LogP contribution in [-0.2, 0) is 6.54 Å². The molecule has 7 heteroatoms. The molecule has 2 aliphatic heterocycles. The second-order valence-corrected chi connectivity index (χ2v) is 7.56. The van der Waals surface area contributed by atoms with Gasteiger partial charge in [-0.15, -0.1) is 0 Å². The average molecular weight is 361 g/mol. The zero-order valence-corrected chi connectivity index (χ0v) is 14.7. The maximum atomic E-state index is 14.1. The van der Waals surface area contributed by atoms with E-state index in [9.17, 15) is 9.18 Å². The molecule has 5 nitrogen and oxygen atoms in total. The number of fused-ring (bicyclic) bond motifs is 1. The molecule has 1 aromatic carbocycles. The first kappa shape index (κ1) is 16.4. The van der Waals surface area contributed by atoms with E-state index in [2.05, 4.69) is 5.10 Å². The fourth-order valence-electron chi connectivity index (χ4n) is 3.34. The lowest BCUT2D eigenvalue weighted by Gasteiger charge is -2.21. The molecule has 2 aromatic rings.